The van der Waals surface area contributed by atoms with E-state index in [-0.39, 0.29) is 37.8 Å². The van der Waals surface area contributed by atoms with Crippen LogP contribution in [0.25, 0.3) is 0 Å². The van der Waals surface area contributed by atoms with Crippen LogP contribution >= 0.6 is 23.2 Å². The first-order valence-corrected chi connectivity index (χ1v) is 10.4. The monoisotopic (exact) mass is 483 g/mol. The molecule has 1 atom stereocenters. The van der Waals surface area contributed by atoms with Crippen molar-refractivity contribution in [1.82, 2.24) is 0 Å². The fourth-order valence-corrected chi connectivity index (χ4v) is 3.99. The van der Waals surface area contributed by atoms with Gasteiger partial charge in [0.1, 0.15) is 5.84 Å². The summed E-state index contributed by atoms with van der Waals surface area (Å²) in [5, 5.41) is 15.3. The number of hydrogen-bond donors (Lipinski definition) is 2. The summed E-state index contributed by atoms with van der Waals surface area (Å²) < 4.78 is 68.3. The Hall–Kier alpha value is -2.05. The molecule has 162 valence electrons. The Morgan fingerprint density at radius 1 is 1.20 bits per heavy atom. The number of rotatable bonds is 4. The van der Waals surface area contributed by atoms with Crippen LogP contribution in [0.5, 0.6) is 5.75 Å². The van der Waals surface area contributed by atoms with Gasteiger partial charge in [-0.1, -0.05) is 23.2 Å². The van der Waals surface area contributed by atoms with Gasteiger partial charge in [0.25, 0.3) is 5.72 Å². The van der Waals surface area contributed by atoms with Crippen LogP contribution in [0.3, 0.4) is 0 Å². The van der Waals surface area contributed by atoms with Gasteiger partial charge in [-0.3, -0.25) is 0 Å². The molecule has 0 amide bonds. The van der Waals surface area contributed by atoms with Crippen molar-refractivity contribution in [2.75, 3.05) is 18.6 Å². The van der Waals surface area contributed by atoms with Crippen molar-refractivity contribution in [3.8, 4) is 5.75 Å². The van der Waals surface area contributed by atoms with Gasteiger partial charge in [0.2, 0.25) is 10.0 Å². The number of anilines is 1. The maximum atomic E-state index is 13.5. The second kappa shape index (κ2) is 7.57. The molecule has 0 spiro atoms. The third kappa shape index (κ3) is 4.08. The quantitative estimate of drug-likeness (QED) is 0.694. The van der Waals surface area contributed by atoms with Gasteiger partial charge in [-0.25, -0.2) is 18.5 Å². The number of sulfonamides is 1. The molecule has 13 heteroatoms. The maximum absolute atomic E-state index is 13.5. The van der Waals surface area contributed by atoms with Gasteiger partial charge in [-0.2, -0.15) is 13.2 Å². The second-order valence-corrected chi connectivity index (χ2v) is 8.72. The van der Waals surface area contributed by atoms with E-state index in [9.17, 15) is 26.7 Å². The van der Waals surface area contributed by atoms with E-state index < -0.39 is 28.5 Å². The first kappa shape index (κ1) is 22.6. The average Bonchev–Trinajstić information content (AvgIpc) is 3.00. The number of ether oxygens (including phenoxy) is 1. The fraction of sp³-hybridized carbons (Fsp3) is 0.235. The molecule has 0 radical (unpaired) electrons. The predicted octanol–water partition coefficient (Wildman–Crippen LogP) is 3.17. The molecule has 0 fully saturated rings. The van der Waals surface area contributed by atoms with Gasteiger partial charge in [0.15, 0.2) is 5.75 Å². The van der Waals surface area contributed by atoms with Crippen LogP contribution in [0, 0.1) is 0 Å². The van der Waals surface area contributed by atoms with Gasteiger partial charge >= 0.3 is 6.18 Å². The summed E-state index contributed by atoms with van der Waals surface area (Å²) >= 11 is 12.2. The zero-order chi connectivity index (χ0) is 22.5. The Kier molecular flexibility index (Phi) is 5.71. The number of nitrogens with two attached hydrogens (primary N) is 1. The molecule has 0 saturated carbocycles. The third-order valence-corrected chi connectivity index (χ3v) is 5.81. The van der Waals surface area contributed by atoms with Gasteiger partial charge < -0.3 is 14.7 Å². The highest BCUT2D eigenvalue weighted by Gasteiger charge is 2.59. The molecule has 0 saturated heterocycles. The minimum atomic E-state index is -5.08. The standard InChI is InChI=1S/C17H14Cl2F3N3O4S/c1-29-14-12(18)6-10(7-13(14)19)25-8-16(26,17(20,21)22)24-15(25)9-2-4-11(5-3-9)30(23,27)28/h2-7,26H,8H2,1H3,(H2,23,27,28). The summed E-state index contributed by atoms with van der Waals surface area (Å²) in [6.07, 6.45) is -5.08. The number of primary sulfonamides is 1. The van der Waals surface area contributed by atoms with Crippen molar-refractivity contribution < 1.29 is 31.4 Å². The van der Waals surface area contributed by atoms with Gasteiger partial charge in [-0.05, 0) is 36.4 Å². The first-order chi connectivity index (χ1) is 13.8. The van der Waals surface area contributed by atoms with Crippen molar-refractivity contribution >= 4 is 44.7 Å². The number of hydrogen-bond acceptors (Lipinski definition) is 6. The molecule has 0 aliphatic carbocycles. The molecule has 0 aromatic heterocycles. The number of aliphatic imine (C=N–C) groups is 1. The van der Waals surface area contributed by atoms with Crippen molar-refractivity contribution in [2.24, 2.45) is 10.1 Å². The number of benzene rings is 2. The lowest BCUT2D eigenvalue weighted by Crippen LogP contribution is -2.47. The van der Waals surface area contributed by atoms with Crippen molar-refractivity contribution in [1.29, 1.82) is 0 Å². The van der Waals surface area contributed by atoms with E-state index in [0.29, 0.717) is 0 Å². The SMILES string of the molecule is COc1c(Cl)cc(N2CC(O)(C(F)(F)F)N=C2c2ccc(S(N)(=O)=O)cc2)cc1Cl. The zero-order valence-electron chi connectivity index (χ0n) is 15.1. The van der Waals surface area contributed by atoms with Gasteiger partial charge in [-0.15, -0.1) is 0 Å². The van der Waals surface area contributed by atoms with Gasteiger partial charge in [0.05, 0.1) is 28.6 Å². The van der Waals surface area contributed by atoms with Crippen molar-refractivity contribution in [3.05, 3.63) is 52.0 Å². The summed E-state index contributed by atoms with van der Waals surface area (Å²) in [5.41, 5.74) is -3.19. The maximum Gasteiger partial charge on any atom is 0.440 e. The van der Waals surface area contributed by atoms with E-state index >= 15 is 0 Å². The van der Waals surface area contributed by atoms with E-state index in [0.717, 1.165) is 17.0 Å². The molecule has 1 aliphatic heterocycles. The molecule has 3 N–H and O–H groups in total. The molecule has 7 nitrogen and oxygen atoms in total. The summed E-state index contributed by atoms with van der Waals surface area (Å²) in [5.74, 6) is -0.142. The number of aliphatic hydroxyl groups is 1. The molecule has 30 heavy (non-hydrogen) atoms. The van der Waals surface area contributed by atoms with Crippen LogP contribution in [-0.2, 0) is 10.0 Å². The number of methoxy groups -OCH3 is 1. The molecule has 3 rings (SSSR count). The summed E-state index contributed by atoms with van der Waals surface area (Å²) in [7, 11) is -2.68. The molecular formula is C17H14Cl2F3N3O4S. The number of nitrogens with zero attached hydrogens (tertiary/aromatic N) is 2. The highest BCUT2D eigenvalue weighted by molar-refractivity contribution is 7.89. The Morgan fingerprint density at radius 3 is 2.17 bits per heavy atom. The Labute approximate surface area is 179 Å². The zero-order valence-corrected chi connectivity index (χ0v) is 17.4. The molecule has 1 aliphatic rings. The first-order valence-electron chi connectivity index (χ1n) is 8.09. The van der Waals surface area contributed by atoms with E-state index in [1.165, 1.54) is 31.4 Å². The molecule has 2 aromatic rings. The van der Waals surface area contributed by atoms with Gasteiger partial charge in [0, 0.05) is 11.3 Å². The lowest BCUT2D eigenvalue weighted by atomic mass is 10.1. The summed E-state index contributed by atoms with van der Waals surface area (Å²) in [6, 6.07) is 7.29. The Balaban J connectivity index is 2.14. The van der Waals surface area contributed by atoms with Crippen LogP contribution in [-0.4, -0.2) is 44.9 Å². The van der Waals surface area contributed by atoms with Crippen LogP contribution < -0.4 is 14.8 Å². The van der Waals surface area contributed by atoms with Crippen LogP contribution in [0.1, 0.15) is 5.56 Å². The lowest BCUT2D eigenvalue weighted by Gasteiger charge is -2.26. The normalized spacial score (nSPS) is 19.7. The van der Waals surface area contributed by atoms with Crippen molar-refractivity contribution in [3.63, 3.8) is 0 Å². The minimum Gasteiger partial charge on any atom is -0.494 e. The summed E-state index contributed by atoms with van der Waals surface area (Å²) in [4.78, 5) is 4.32. The van der Waals surface area contributed by atoms with E-state index in [2.05, 4.69) is 4.99 Å². The van der Waals surface area contributed by atoms with Crippen molar-refractivity contribution in [2.45, 2.75) is 16.8 Å². The average molecular weight is 484 g/mol. The van der Waals surface area contributed by atoms with Crippen LogP contribution in [0.2, 0.25) is 10.0 Å². The highest BCUT2D eigenvalue weighted by Crippen LogP contribution is 2.42. The third-order valence-electron chi connectivity index (χ3n) is 4.32. The Bertz CT molecular complexity index is 1100. The molecule has 1 heterocycles. The number of amidine groups is 1. The fourth-order valence-electron chi connectivity index (χ4n) is 2.84. The molecule has 2 aromatic carbocycles. The number of alkyl halides is 3. The lowest BCUT2D eigenvalue weighted by molar-refractivity contribution is -0.249. The molecule has 1 unspecified atom stereocenters. The van der Waals surface area contributed by atoms with Crippen LogP contribution in [0.4, 0.5) is 18.9 Å². The van der Waals surface area contributed by atoms with Crippen LogP contribution in [0.15, 0.2) is 46.3 Å². The minimum absolute atomic E-state index is 0.0337. The molecule has 0 bridgehead atoms. The van der Waals surface area contributed by atoms with E-state index in [1.807, 2.05) is 0 Å². The summed E-state index contributed by atoms with van der Waals surface area (Å²) in [6.45, 7) is -0.970. The Morgan fingerprint density at radius 2 is 1.73 bits per heavy atom. The molecular weight excluding hydrogens is 470 g/mol. The smallest absolute Gasteiger partial charge is 0.440 e. The number of halogens is 5. The largest absolute Gasteiger partial charge is 0.494 e. The highest BCUT2D eigenvalue weighted by atomic mass is 35.5. The van der Waals surface area contributed by atoms with E-state index in [4.69, 9.17) is 33.1 Å². The second-order valence-electron chi connectivity index (χ2n) is 6.35. The number of β-amino-alcohol motifs (C(OH)–C–C–N with tert-alkyl or cyclic N) is 1. The topological polar surface area (TPSA) is 105 Å². The predicted molar refractivity (Wildman–Crippen MR) is 106 cm³/mol. The van der Waals surface area contributed by atoms with E-state index in [1.54, 1.807) is 0 Å².